The number of likely N-dealkylation sites (tertiary alicyclic amines) is 1. The number of nitriles is 1. The summed E-state index contributed by atoms with van der Waals surface area (Å²) < 4.78 is 19.5. The van der Waals surface area contributed by atoms with Crippen molar-refractivity contribution in [3.8, 4) is 6.07 Å². The molecule has 0 saturated carbocycles. The van der Waals surface area contributed by atoms with Gasteiger partial charge in [0.05, 0.1) is 25.6 Å². The summed E-state index contributed by atoms with van der Waals surface area (Å²) in [5.41, 5.74) is 6.23. The van der Waals surface area contributed by atoms with E-state index in [0.717, 1.165) is 0 Å². The maximum absolute atomic E-state index is 13.1. The third-order valence-corrected chi connectivity index (χ3v) is 5.26. The fourth-order valence-electron chi connectivity index (χ4n) is 3.67. The van der Waals surface area contributed by atoms with Crippen LogP contribution in [0.2, 0.25) is 0 Å². The van der Waals surface area contributed by atoms with Crippen LogP contribution in [0.1, 0.15) is 35.7 Å². The molecule has 2 amide bonds. The van der Waals surface area contributed by atoms with Crippen molar-refractivity contribution in [3.05, 3.63) is 41.8 Å². The van der Waals surface area contributed by atoms with E-state index >= 15 is 0 Å². The monoisotopic (exact) mass is 414 g/mol. The molecule has 2 aromatic rings. The van der Waals surface area contributed by atoms with E-state index in [1.807, 2.05) is 0 Å². The lowest BCUT2D eigenvalue weighted by atomic mass is 9.88. The van der Waals surface area contributed by atoms with Crippen molar-refractivity contribution >= 4 is 23.5 Å². The molecule has 2 heterocycles. The molecular weight excluding hydrogens is 391 g/mol. The Kier molecular flexibility index (Phi) is 6.51. The van der Waals surface area contributed by atoms with Crippen LogP contribution < -0.4 is 11.1 Å². The molecule has 9 nitrogen and oxygen atoms in total. The normalized spacial score (nSPS) is 15.3. The number of hydrogen-bond donors (Lipinski definition) is 2. The summed E-state index contributed by atoms with van der Waals surface area (Å²) in [5, 5.41) is 16.8. The van der Waals surface area contributed by atoms with Gasteiger partial charge in [0.2, 0.25) is 0 Å². The minimum Gasteiger partial charge on any atom is -0.453 e. The molecular formula is C20H23FN6O3. The van der Waals surface area contributed by atoms with Crippen molar-refractivity contribution in [1.82, 2.24) is 14.7 Å². The Hall–Kier alpha value is -3.61. The topological polar surface area (TPSA) is 126 Å². The fourth-order valence-corrected chi connectivity index (χ4v) is 3.67. The third-order valence-electron chi connectivity index (χ3n) is 5.26. The zero-order valence-corrected chi connectivity index (χ0v) is 16.5. The van der Waals surface area contributed by atoms with E-state index in [0.29, 0.717) is 31.6 Å². The molecule has 1 aliphatic heterocycles. The number of carbonyl (C=O) groups is 2. The molecule has 1 aliphatic rings. The Balaban J connectivity index is 1.83. The zero-order valence-electron chi connectivity index (χ0n) is 16.5. The van der Waals surface area contributed by atoms with E-state index in [4.69, 9.17) is 10.5 Å². The van der Waals surface area contributed by atoms with Crippen LogP contribution in [0.25, 0.3) is 0 Å². The number of ether oxygens (including phenoxy) is 1. The largest absolute Gasteiger partial charge is 0.453 e. The van der Waals surface area contributed by atoms with Crippen LogP contribution in [-0.4, -0.2) is 46.9 Å². The van der Waals surface area contributed by atoms with Crippen LogP contribution in [0.3, 0.4) is 0 Å². The molecule has 30 heavy (non-hydrogen) atoms. The molecule has 3 rings (SSSR count). The molecule has 1 fully saturated rings. The molecule has 1 saturated heterocycles. The highest BCUT2D eigenvalue weighted by Gasteiger charge is 2.31. The van der Waals surface area contributed by atoms with Crippen molar-refractivity contribution in [1.29, 1.82) is 5.26 Å². The highest BCUT2D eigenvalue weighted by molar-refractivity contribution is 5.98. The molecule has 0 aliphatic carbocycles. The highest BCUT2D eigenvalue weighted by Crippen LogP contribution is 2.32. The van der Waals surface area contributed by atoms with Crippen LogP contribution >= 0.6 is 0 Å². The number of nitrogens with two attached hydrogens (primary N) is 1. The van der Waals surface area contributed by atoms with Gasteiger partial charge in [-0.3, -0.25) is 9.48 Å². The number of nitrogens with zero attached hydrogens (tertiary/aromatic N) is 4. The van der Waals surface area contributed by atoms with Gasteiger partial charge in [0, 0.05) is 25.0 Å². The van der Waals surface area contributed by atoms with Crippen LogP contribution in [0.15, 0.2) is 30.5 Å². The van der Waals surface area contributed by atoms with Crippen molar-refractivity contribution in [2.45, 2.75) is 25.3 Å². The first kappa shape index (κ1) is 21.1. The van der Waals surface area contributed by atoms with Crippen molar-refractivity contribution in [3.63, 3.8) is 0 Å². The quantitative estimate of drug-likeness (QED) is 0.748. The molecule has 3 N–H and O–H groups in total. The van der Waals surface area contributed by atoms with E-state index < -0.39 is 5.91 Å². The van der Waals surface area contributed by atoms with Gasteiger partial charge in [-0.15, -0.1) is 0 Å². The fraction of sp³-hybridized carbons (Fsp3) is 0.400. The molecule has 1 aromatic carbocycles. The average molecular weight is 414 g/mol. The first-order chi connectivity index (χ1) is 14.4. The van der Waals surface area contributed by atoms with Gasteiger partial charge in [0.25, 0.3) is 5.91 Å². The molecule has 0 spiro atoms. The van der Waals surface area contributed by atoms with Crippen LogP contribution in [0.4, 0.5) is 20.7 Å². The van der Waals surface area contributed by atoms with Crippen LogP contribution in [0, 0.1) is 23.1 Å². The average Bonchev–Trinajstić information content (AvgIpc) is 3.17. The van der Waals surface area contributed by atoms with Gasteiger partial charge in [-0.1, -0.05) is 0 Å². The van der Waals surface area contributed by atoms with Gasteiger partial charge in [-0.2, -0.15) is 10.4 Å². The Labute approximate surface area is 173 Å². The number of methoxy groups -OCH3 is 1. The van der Waals surface area contributed by atoms with E-state index in [1.165, 1.54) is 37.6 Å². The summed E-state index contributed by atoms with van der Waals surface area (Å²) in [6.45, 7) is 1.04. The predicted molar refractivity (Wildman–Crippen MR) is 106 cm³/mol. The number of rotatable bonds is 6. The predicted octanol–water partition coefficient (Wildman–Crippen LogP) is 2.80. The number of benzene rings is 1. The standard InChI is InChI=1S/C20H23FN6O3/c1-30-20(29)26-10-7-13(8-11-26)17(6-9-22)27-12-16(18(23)28)19(25-27)24-15-4-2-14(21)3-5-15/h2-5,12-13,17H,6-8,10-11H2,1H3,(H2,23,28)(H,24,25). The van der Waals surface area contributed by atoms with Gasteiger partial charge in [-0.25, -0.2) is 9.18 Å². The first-order valence-corrected chi connectivity index (χ1v) is 9.54. The van der Waals surface area contributed by atoms with Crippen molar-refractivity contribution in [2.75, 3.05) is 25.5 Å². The lowest BCUT2D eigenvalue weighted by molar-refractivity contribution is 0.0958. The molecule has 0 radical (unpaired) electrons. The number of nitrogens with one attached hydrogen (secondary N) is 1. The highest BCUT2D eigenvalue weighted by atomic mass is 19.1. The number of carbonyl (C=O) groups excluding carboxylic acids is 2. The lowest BCUT2D eigenvalue weighted by Crippen LogP contribution is -2.40. The second kappa shape index (κ2) is 9.26. The number of piperidine rings is 1. The van der Waals surface area contributed by atoms with E-state index in [-0.39, 0.29) is 41.7 Å². The van der Waals surface area contributed by atoms with E-state index in [1.54, 1.807) is 9.58 Å². The Morgan fingerprint density at radius 1 is 1.37 bits per heavy atom. The smallest absolute Gasteiger partial charge is 0.409 e. The van der Waals surface area contributed by atoms with Crippen LogP contribution in [-0.2, 0) is 4.74 Å². The van der Waals surface area contributed by atoms with Gasteiger partial charge >= 0.3 is 6.09 Å². The van der Waals surface area contributed by atoms with Gasteiger partial charge in [-0.05, 0) is 43.0 Å². The first-order valence-electron chi connectivity index (χ1n) is 9.54. The summed E-state index contributed by atoms with van der Waals surface area (Å²) in [6, 6.07) is 7.52. The molecule has 1 aromatic heterocycles. The molecule has 1 unspecified atom stereocenters. The minimum atomic E-state index is -0.665. The van der Waals surface area contributed by atoms with E-state index in [2.05, 4.69) is 16.5 Å². The van der Waals surface area contributed by atoms with Crippen molar-refractivity contribution in [2.24, 2.45) is 11.7 Å². The van der Waals surface area contributed by atoms with Crippen molar-refractivity contribution < 1.29 is 18.7 Å². The number of primary amides is 1. The second-order valence-electron chi connectivity index (χ2n) is 7.09. The summed E-state index contributed by atoms with van der Waals surface area (Å²) >= 11 is 0. The van der Waals surface area contributed by atoms with Gasteiger partial charge in [0.15, 0.2) is 5.82 Å². The van der Waals surface area contributed by atoms with Crippen LogP contribution in [0.5, 0.6) is 0 Å². The second-order valence-corrected chi connectivity index (χ2v) is 7.09. The van der Waals surface area contributed by atoms with E-state index in [9.17, 15) is 19.2 Å². The molecule has 0 bridgehead atoms. The summed E-state index contributed by atoms with van der Waals surface area (Å²) in [6.07, 6.45) is 2.70. The van der Waals surface area contributed by atoms with Gasteiger partial charge < -0.3 is 20.7 Å². The maximum Gasteiger partial charge on any atom is 0.409 e. The molecule has 10 heteroatoms. The number of amides is 2. The number of anilines is 2. The zero-order chi connectivity index (χ0) is 21.7. The Morgan fingerprint density at radius 3 is 2.60 bits per heavy atom. The number of halogens is 1. The maximum atomic E-state index is 13.1. The lowest BCUT2D eigenvalue weighted by Gasteiger charge is -2.34. The van der Waals surface area contributed by atoms with Gasteiger partial charge in [0.1, 0.15) is 11.4 Å². The third kappa shape index (κ3) is 4.68. The molecule has 1 atom stereocenters. The number of aromatic nitrogens is 2. The summed E-state index contributed by atoms with van der Waals surface area (Å²) in [5.74, 6) is -0.718. The Morgan fingerprint density at radius 2 is 2.03 bits per heavy atom. The minimum absolute atomic E-state index is 0.0878. The Bertz CT molecular complexity index is 944. The number of hydrogen-bond acceptors (Lipinski definition) is 6. The molecule has 158 valence electrons. The summed E-state index contributed by atoms with van der Waals surface area (Å²) in [7, 11) is 1.34. The summed E-state index contributed by atoms with van der Waals surface area (Å²) in [4.78, 5) is 25.3. The SMILES string of the molecule is COC(=O)N1CCC(C(CC#N)n2cc(C(N)=O)c(Nc3ccc(F)cc3)n2)CC1.